The summed E-state index contributed by atoms with van der Waals surface area (Å²) >= 11 is 0. The lowest BCUT2D eigenvalue weighted by Crippen LogP contribution is -2.49. The molecule has 3 aromatic rings. The van der Waals surface area contributed by atoms with Crippen molar-refractivity contribution < 1.29 is 18.4 Å². The van der Waals surface area contributed by atoms with Crippen LogP contribution < -0.4 is 5.48 Å². The van der Waals surface area contributed by atoms with Crippen LogP contribution >= 0.6 is 0 Å². The van der Waals surface area contributed by atoms with Crippen LogP contribution in [0.3, 0.4) is 0 Å². The highest BCUT2D eigenvalue weighted by molar-refractivity contribution is 7.92. The van der Waals surface area contributed by atoms with E-state index in [4.69, 9.17) is 5.21 Å². The zero-order valence-corrected chi connectivity index (χ0v) is 15.6. The Morgan fingerprint density at radius 3 is 2.63 bits per heavy atom. The molecule has 9 nitrogen and oxygen atoms in total. The number of carbonyl (C=O) groups is 1. The third-order valence-electron chi connectivity index (χ3n) is 4.60. The van der Waals surface area contributed by atoms with Gasteiger partial charge in [-0.1, -0.05) is 12.1 Å². The van der Waals surface area contributed by atoms with Gasteiger partial charge in [-0.25, -0.2) is 18.9 Å². The summed E-state index contributed by atoms with van der Waals surface area (Å²) in [5.41, 5.74) is 4.33. The number of rotatable bonds is 6. The van der Waals surface area contributed by atoms with Gasteiger partial charge in [-0.3, -0.25) is 19.7 Å². The maximum absolute atomic E-state index is 12.0. The van der Waals surface area contributed by atoms with Gasteiger partial charge in [0.05, 0.1) is 29.1 Å². The molecule has 2 aromatic heterocycles. The van der Waals surface area contributed by atoms with E-state index in [2.05, 4.69) is 15.1 Å². The first-order valence-corrected chi connectivity index (χ1v) is 10.0. The molecule has 0 aliphatic rings. The molecular weight excluding hydrogens is 370 g/mol. The number of aryl methyl sites for hydroxylation is 1. The van der Waals surface area contributed by atoms with Crippen molar-refractivity contribution in [2.45, 2.75) is 24.6 Å². The quantitative estimate of drug-likeness (QED) is 0.479. The second-order valence-electron chi connectivity index (χ2n) is 6.43. The molecule has 0 fully saturated rings. The molecule has 1 aromatic carbocycles. The number of amides is 1. The first-order chi connectivity index (χ1) is 12.7. The molecule has 0 spiro atoms. The van der Waals surface area contributed by atoms with E-state index in [-0.39, 0.29) is 13.0 Å². The summed E-state index contributed by atoms with van der Waals surface area (Å²) in [6, 6.07) is 7.49. The molecule has 2 heterocycles. The topological polar surface area (TPSA) is 127 Å². The predicted molar refractivity (Wildman–Crippen MR) is 98.6 cm³/mol. The Morgan fingerprint density at radius 1 is 1.26 bits per heavy atom. The molecule has 1 unspecified atom stereocenters. The van der Waals surface area contributed by atoms with Gasteiger partial charge in [-0.05, 0) is 25.5 Å². The summed E-state index contributed by atoms with van der Waals surface area (Å²) in [5, 5.41) is 13.1. The van der Waals surface area contributed by atoms with Crippen LogP contribution in [-0.4, -0.2) is 50.3 Å². The van der Waals surface area contributed by atoms with Crippen molar-refractivity contribution in [1.82, 2.24) is 25.2 Å². The van der Waals surface area contributed by atoms with E-state index in [0.717, 1.165) is 22.9 Å². The molecule has 2 N–H and O–H groups in total. The number of hydrogen-bond donors (Lipinski definition) is 2. The van der Waals surface area contributed by atoms with Crippen LogP contribution in [0.2, 0.25) is 0 Å². The molecule has 0 radical (unpaired) electrons. The van der Waals surface area contributed by atoms with Crippen molar-refractivity contribution in [2.75, 3.05) is 6.26 Å². The van der Waals surface area contributed by atoms with E-state index < -0.39 is 20.5 Å². The van der Waals surface area contributed by atoms with Gasteiger partial charge in [0, 0.05) is 24.6 Å². The molecule has 10 heteroatoms. The molecule has 1 amide bonds. The number of benzene rings is 1. The Morgan fingerprint density at radius 2 is 1.96 bits per heavy atom. The SMILES string of the molecule is CC(CCn1cc(-c2cnc3ccccc3n2)cn1)(C(=O)NO)S(C)(=O)=O. The molecule has 3 rings (SSSR count). The van der Waals surface area contributed by atoms with E-state index in [1.165, 1.54) is 17.1 Å². The maximum atomic E-state index is 12.0. The predicted octanol–water partition coefficient (Wildman–Crippen LogP) is 1.19. The number of hydroxylamine groups is 1. The van der Waals surface area contributed by atoms with Crippen LogP contribution in [-0.2, 0) is 21.2 Å². The van der Waals surface area contributed by atoms with Gasteiger partial charge >= 0.3 is 0 Å². The van der Waals surface area contributed by atoms with Crippen LogP contribution in [0.5, 0.6) is 0 Å². The Balaban J connectivity index is 1.82. The number of carbonyl (C=O) groups excluding carboxylic acids is 1. The molecule has 0 saturated heterocycles. The molecule has 142 valence electrons. The summed E-state index contributed by atoms with van der Waals surface area (Å²) < 4.78 is 23.8. The Bertz CT molecular complexity index is 1100. The fraction of sp³-hybridized carbons (Fsp3) is 0.294. The van der Waals surface area contributed by atoms with Gasteiger partial charge in [-0.2, -0.15) is 5.10 Å². The molecule has 27 heavy (non-hydrogen) atoms. The van der Waals surface area contributed by atoms with E-state index in [1.54, 1.807) is 18.6 Å². The Labute approximate surface area is 155 Å². The smallest absolute Gasteiger partial charge is 0.264 e. The van der Waals surface area contributed by atoms with Crippen molar-refractivity contribution >= 4 is 26.8 Å². The monoisotopic (exact) mass is 389 g/mol. The lowest BCUT2D eigenvalue weighted by molar-refractivity contribution is -0.131. The fourth-order valence-electron chi connectivity index (χ4n) is 2.63. The van der Waals surface area contributed by atoms with Crippen LogP contribution in [0, 0.1) is 0 Å². The number of fused-ring (bicyclic) bond motifs is 1. The van der Waals surface area contributed by atoms with Crippen molar-refractivity contribution in [3.63, 3.8) is 0 Å². The third-order valence-corrected chi connectivity index (χ3v) is 6.62. The molecule has 0 aliphatic carbocycles. The van der Waals surface area contributed by atoms with E-state index in [0.29, 0.717) is 5.69 Å². The third kappa shape index (κ3) is 3.67. The highest BCUT2D eigenvalue weighted by Crippen LogP contribution is 2.23. The highest BCUT2D eigenvalue weighted by atomic mass is 32.2. The van der Waals surface area contributed by atoms with Crippen molar-refractivity contribution in [3.05, 3.63) is 42.9 Å². The Kier molecular flexibility index (Phi) is 4.94. The summed E-state index contributed by atoms with van der Waals surface area (Å²) in [7, 11) is -3.75. The zero-order chi connectivity index (χ0) is 19.7. The first-order valence-electron chi connectivity index (χ1n) is 8.13. The fourth-order valence-corrected chi connectivity index (χ4v) is 3.47. The number of nitrogens with zero attached hydrogens (tertiary/aromatic N) is 4. The minimum atomic E-state index is -3.75. The van der Waals surface area contributed by atoms with Crippen LogP contribution in [0.4, 0.5) is 0 Å². The first kappa shape index (κ1) is 18.9. The Hall–Kier alpha value is -2.85. The van der Waals surface area contributed by atoms with Gasteiger partial charge in [0.25, 0.3) is 5.91 Å². The number of sulfone groups is 1. The second kappa shape index (κ2) is 7.05. The summed E-state index contributed by atoms with van der Waals surface area (Å²) in [5.74, 6) is -0.974. The largest absolute Gasteiger partial charge is 0.289 e. The summed E-state index contributed by atoms with van der Waals surface area (Å²) in [4.78, 5) is 20.8. The standard InChI is InChI=1S/C17H19N5O4S/c1-17(16(23)21-24,27(2,25)26)7-8-22-11-12(9-19-22)15-10-18-13-5-3-4-6-14(13)20-15/h3-6,9-11,24H,7-8H2,1-2H3,(H,21,23). The lowest BCUT2D eigenvalue weighted by atomic mass is 10.1. The molecule has 0 aliphatic heterocycles. The summed E-state index contributed by atoms with van der Waals surface area (Å²) in [6.07, 6.45) is 5.86. The lowest BCUT2D eigenvalue weighted by Gasteiger charge is -2.24. The molecule has 1 atom stereocenters. The van der Waals surface area contributed by atoms with Gasteiger partial charge in [0.2, 0.25) is 0 Å². The van der Waals surface area contributed by atoms with Crippen LogP contribution in [0.1, 0.15) is 13.3 Å². The van der Waals surface area contributed by atoms with Gasteiger partial charge in [0.15, 0.2) is 14.6 Å². The van der Waals surface area contributed by atoms with E-state index in [9.17, 15) is 13.2 Å². The number of para-hydroxylation sites is 2. The van der Waals surface area contributed by atoms with E-state index >= 15 is 0 Å². The average Bonchev–Trinajstić information content (AvgIpc) is 3.13. The minimum absolute atomic E-state index is 0.0528. The minimum Gasteiger partial charge on any atom is -0.289 e. The number of hydrogen-bond acceptors (Lipinski definition) is 7. The molecule has 0 saturated carbocycles. The second-order valence-corrected chi connectivity index (χ2v) is 8.88. The molecular formula is C17H19N5O4S. The van der Waals surface area contributed by atoms with Crippen LogP contribution in [0.15, 0.2) is 42.9 Å². The maximum Gasteiger partial charge on any atom is 0.264 e. The van der Waals surface area contributed by atoms with Gasteiger partial charge in [0.1, 0.15) is 0 Å². The van der Waals surface area contributed by atoms with Crippen molar-refractivity contribution in [1.29, 1.82) is 0 Å². The zero-order valence-electron chi connectivity index (χ0n) is 14.8. The number of nitrogens with one attached hydrogen (secondary N) is 1. The van der Waals surface area contributed by atoms with Crippen molar-refractivity contribution in [2.24, 2.45) is 0 Å². The number of aromatic nitrogens is 4. The average molecular weight is 389 g/mol. The summed E-state index contributed by atoms with van der Waals surface area (Å²) in [6.45, 7) is 1.44. The highest BCUT2D eigenvalue weighted by Gasteiger charge is 2.43. The van der Waals surface area contributed by atoms with Gasteiger partial charge in [-0.15, -0.1) is 0 Å². The molecule has 0 bridgehead atoms. The van der Waals surface area contributed by atoms with Crippen molar-refractivity contribution in [3.8, 4) is 11.3 Å². The van der Waals surface area contributed by atoms with E-state index in [1.807, 2.05) is 24.3 Å². The van der Waals surface area contributed by atoms with Crippen LogP contribution in [0.25, 0.3) is 22.3 Å². The normalized spacial score (nSPS) is 14.0. The van der Waals surface area contributed by atoms with Gasteiger partial charge < -0.3 is 0 Å².